The summed E-state index contributed by atoms with van der Waals surface area (Å²) in [5, 5.41) is 0. The van der Waals surface area contributed by atoms with Crippen LogP contribution in [-0.2, 0) is 4.79 Å². The van der Waals surface area contributed by atoms with Gasteiger partial charge in [-0.15, -0.1) is 0 Å². The van der Waals surface area contributed by atoms with Crippen molar-refractivity contribution in [2.45, 2.75) is 52.6 Å². The highest BCUT2D eigenvalue weighted by molar-refractivity contribution is 5.99. The molecule has 0 saturated heterocycles. The van der Waals surface area contributed by atoms with E-state index in [1.807, 2.05) is 6.92 Å². The van der Waals surface area contributed by atoms with Gasteiger partial charge in [-0.3, -0.25) is 4.79 Å². The molecular formula is C13H25FN2O. The van der Waals surface area contributed by atoms with Gasteiger partial charge in [-0.25, -0.2) is 4.39 Å². The van der Waals surface area contributed by atoms with Gasteiger partial charge in [-0.2, -0.15) is 0 Å². The van der Waals surface area contributed by atoms with Crippen LogP contribution in [0.25, 0.3) is 0 Å². The van der Waals surface area contributed by atoms with E-state index < -0.39 is 11.1 Å². The van der Waals surface area contributed by atoms with E-state index in [9.17, 15) is 9.18 Å². The summed E-state index contributed by atoms with van der Waals surface area (Å²) in [6, 6.07) is 0. The highest BCUT2D eigenvalue weighted by Crippen LogP contribution is 2.27. The third kappa shape index (κ3) is 4.46. The molecule has 3 nitrogen and oxygen atoms in total. The van der Waals surface area contributed by atoms with E-state index in [4.69, 9.17) is 11.5 Å². The number of alkyl halides is 1. The topological polar surface area (TPSA) is 69.1 Å². The normalized spacial score (nSPS) is 19.5. The third-order valence-electron chi connectivity index (χ3n) is 3.21. The van der Waals surface area contributed by atoms with E-state index in [-0.39, 0.29) is 24.4 Å². The van der Waals surface area contributed by atoms with Crippen molar-refractivity contribution in [2.24, 2.45) is 16.9 Å². The lowest BCUT2D eigenvalue weighted by atomic mass is 9.79. The smallest absolute Gasteiger partial charge is 0.185 e. The summed E-state index contributed by atoms with van der Waals surface area (Å²) in [5.41, 5.74) is 9.08. The molecule has 100 valence electrons. The molecule has 0 amide bonds. The summed E-state index contributed by atoms with van der Waals surface area (Å²) in [6.07, 6.45) is 2.99. The Kier molecular flexibility index (Phi) is 5.82. The Morgan fingerprint density at radius 1 is 1.35 bits per heavy atom. The van der Waals surface area contributed by atoms with Crippen LogP contribution < -0.4 is 11.5 Å². The summed E-state index contributed by atoms with van der Waals surface area (Å²) in [5.74, 6) is -0.251. The van der Waals surface area contributed by atoms with E-state index >= 15 is 0 Å². The Morgan fingerprint density at radius 2 is 1.88 bits per heavy atom. The minimum absolute atomic E-state index is 0.0155. The number of hydrogen-bond donors (Lipinski definition) is 2. The Hall–Kier alpha value is -0.900. The molecule has 0 aromatic rings. The minimum atomic E-state index is -1.54. The fourth-order valence-electron chi connectivity index (χ4n) is 1.70. The van der Waals surface area contributed by atoms with E-state index in [0.29, 0.717) is 6.42 Å². The van der Waals surface area contributed by atoms with Gasteiger partial charge in [0.25, 0.3) is 0 Å². The van der Waals surface area contributed by atoms with Crippen LogP contribution in [0.1, 0.15) is 47.0 Å². The molecule has 0 aliphatic carbocycles. The number of carbonyl (C=O) groups is 1. The molecule has 0 saturated carbocycles. The lowest BCUT2D eigenvalue weighted by Gasteiger charge is -2.26. The van der Waals surface area contributed by atoms with E-state index in [0.717, 1.165) is 6.42 Å². The minimum Gasteiger partial charge on any atom is -0.396 e. The second-order valence-corrected chi connectivity index (χ2v) is 5.08. The van der Waals surface area contributed by atoms with Crippen molar-refractivity contribution in [3.05, 3.63) is 11.8 Å². The fraction of sp³-hybridized carbons (Fsp3) is 0.769. The van der Waals surface area contributed by atoms with Gasteiger partial charge in [0.05, 0.1) is 5.70 Å². The summed E-state index contributed by atoms with van der Waals surface area (Å²) < 4.78 is 13.8. The standard InChI is InChI=1S/C13H25FN2O/c1-5-7-12(3,9-15)11(17)10(16)8-13(4,14)6-2/h8H,5-7,9,15-16H2,1-4H3/b10-8-/t12-,13?/m0/s1. The van der Waals surface area contributed by atoms with Crippen LogP contribution in [0.15, 0.2) is 11.8 Å². The molecule has 0 aromatic carbocycles. The molecule has 0 rings (SSSR count). The van der Waals surface area contributed by atoms with Crippen LogP contribution in [0.4, 0.5) is 4.39 Å². The van der Waals surface area contributed by atoms with Crippen molar-refractivity contribution in [1.82, 2.24) is 0 Å². The third-order valence-corrected chi connectivity index (χ3v) is 3.21. The predicted octanol–water partition coefficient (Wildman–Crippen LogP) is 2.30. The maximum atomic E-state index is 13.8. The predicted molar refractivity (Wildman–Crippen MR) is 69.2 cm³/mol. The average Bonchev–Trinajstić information content (AvgIpc) is 2.27. The van der Waals surface area contributed by atoms with Gasteiger partial charge in [-0.1, -0.05) is 27.2 Å². The van der Waals surface area contributed by atoms with Crippen LogP contribution in [0.5, 0.6) is 0 Å². The molecular weight excluding hydrogens is 219 g/mol. The molecule has 0 bridgehead atoms. The summed E-state index contributed by atoms with van der Waals surface area (Å²) in [4.78, 5) is 12.1. The molecule has 0 aliphatic rings. The first kappa shape index (κ1) is 16.1. The quantitative estimate of drug-likeness (QED) is 0.675. The van der Waals surface area contributed by atoms with E-state index in [2.05, 4.69) is 0 Å². The summed E-state index contributed by atoms with van der Waals surface area (Å²) in [6.45, 7) is 7.10. The lowest BCUT2D eigenvalue weighted by molar-refractivity contribution is -0.124. The molecule has 2 atom stereocenters. The monoisotopic (exact) mass is 244 g/mol. The number of halogens is 1. The molecule has 0 aliphatic heterocycles. The summed E-state index contributed by atoms with van der Waals surface area (Å²) in [7, 11) is 0. The Morgan fingerprint density at radius 3 is 2.24 bits per heavy atom. The number of allylic oxidation sites excluding steroid dienone is 2. The largest absolute Gasteiger partial charge is 0.396 e. The molecule has 17 heavy (non-hydrogen) atoms. The lowest BCUT2D eigenvalue weighted by Crippen LogP contribution is -2.39. The van der Waals surface area contributed by atoms with Gasteiger partial charge in [0.15, 0.2) is 5.78 Å². The van der Waals surface area contributed by atoms with Crippen molar-refractivity contribution in [3.63, 3.8) is 0 Å². The van der Waals surface area contributed by atoms with Gasteiger partial charge < -0.3 is 11.5 Å². The van der Waals surface area contributed by atoms with E-state index in [1.165, 1.54) is 13.0 Å². The molecule has 4 N–H and O–H groups in total. The van der Waals surface area contributed by atoms with Crippen molar-refractivity contribution < 1.29 is 9.18 Å². The van der Waals surface area contributed by atoms with Gasteiger partial charge >= 0.3 is 0 Å². The maximum absolute atomic E-state index is 13.8. The average molecular weight is 244 g/mol. The Balaban J connectivity index is 5.03. The van der Waals surface area contributed by atoms with Crippen molar-refractivity contribution in [2.75, 3.05) is 6.54 Å². The van der Waals surface area contributed by atoms with Crippen LogP contribution in [0, 0.1) is 5.41 Å². The number of nitrogens with two attached hydrogens (primary N) is 2. The van der Waals surface area contributed by atoms with Crippen LogP contribution in [0.2, 0.25) is 0 Å². The fourth-order valence-corrected chi connectivity index (χ4v) is 1.70. The maximum Gasteiger partial charge on any atom is 0.185 e. The number of carbonyl (C=O) groups excluding carboxylic acids is 1. The van der Waals surface area contributed by atoms with E-state index in [1.54, 1.807) is 13.8 Å². The van der Waals surface area contributed by atoms with Crippen LogP contribution in [-0.4, -0.2) is 18.0 Å². The zero-order valence-corrected chi connectivity index (χ0v) is 11.3. The van der Waals surface area contributed by atoms with Gasteiger partial charge in [0.2, 0.25) is 0 Å². The zero-order chi connectivity index (χ0) is 13.7. The molecule has 0 spiro atoms. The molecule has 0 fully saturated rings. The Labute approximate surface area is 103 Å². The molecule has 0 heterocycles. The first-order valence-electron chi connectivity index (χ1n) is 6.14. The number of Topliss-reactive ketones (excluding diaryl/α,β-unsaturated/α-hetero) is 1. The second-order valence-electron chi connectivity index (χ2n) is 5.08. The molecule has 0 radical (unpaired) electrons. The van der Waals surface area contributed by atoms with Crippen LogP contribution >= 0.6 is 0 Å². The first-order chi connectivity index (χ1) is 7.72. The molecule has 1 unspecified atom stereocenters. The number of ketones is 1. The Bertz CT molecular complexity index is 300. The highest BCUT2D eigenvalue weighted by atomic mass is 19.1. The molecule has 0 aromatic heterocycles. The van der Waals surface area contributed by atoms with Crippen molar-refractivity contribution in [3.8, 4) is 0 Å². The highest BCUT2D eigenvalue weighted by Gasteiger charge is 2.33. The van der Waals surface area contributed by atoms with Gasteiger partial charge in [0.1, 0.15) is 5.67 Å². The van der Waals surface area contributed by atoms with Crippen molar-refractivity contribution >= 4 is 5.78 Å². The second kappa shape index (κ2) is 6.15. The van der Waals surface area contributed by atoms with Gasteiger partial charge in [-0.05, 0) is 25.8 Å². The van der Waals surface area contributed by atoms with Gasteiger partial charge in [0, 0.05) is 12.0 Å². The van der Waals surface area contributed by atoms with Crippen molar-refractivity contribution in [1.29, 1.82) is 0 Å². The number of rotatable bonds is 7. The summed E-state index contributed by atoms with van der Waals surface area (Å²) >= 11 is 0. The SMILES string of the molecule is CCC[C@@](C)(CN)C(=O)/C(N)=C/C(C)(F)CC. The van der Waals surface area contributed by atoms with Crippen LogP contribution in [0.3, 0.4) is 0 Å². The first-order valence-corrected chi connectivity index (χ1v) is 6.14. The zero-order valence-electron chi connectivity index (χ0n) is 11.3. The number of hydrogen-bond acceptors (Lipinski definition) is 3. The molecule has 4 heteroatoms.